The molecule has 0 radical (unpaired) electrons. The highest BCUT2D eigenvalue weighted by atomic mass is 32.1. The van der Waals surface area contributed by atoms with E-state index in [0.717, 1.165) is 44.7 Å². The van der Waals surface area contributed by atoms with E-state index in [4.69, 9.17) is 19.4 Å². The second-order valence-corrected chi connectivity index (χ2v) is 21.0. The van der Waals surface area contributed by atoms with Crippen LogP contribution in [-0.2, 0) is 48.0 Å². The number of amides is 5. The largest absolute Gasteiger partial charge is 0.464 e. The van der Waals surface area contributed by atoms with Gasteiger partial charge in [-0.25, -0.2) is 15.2 Å². The number of carbonyl (C=O) groups excluding carboxylic acids is 5. The van der Waals surface area contributed by atoms with Gasteiger partial charge in [0.05, 0.1) is 40.8 Å². The van der Waals surface area contributed by atoms with Gasteiger partial charge >= 0.3 is 12.0 Å². The molecule has 2 saturated heterocycles. The molecule has 2 fully saturated rings. The fraction of sp³-hybridized carbons (Fsp3) is 0.549. The van der Waals surface area contributed by atoms with Crippen LogP contribution in [0, 0.1) is 11.3 Å². The van der Waals surface area contributed by atoms with Gasteiger partial charge in [0.15, 0.2) is 0 Å². The highest BCUT2D eigenvalue weighted by Gasteiger charge is 2.42. The van der Waals surface area contributed by atoms with Gasteiger partial charge in [0.2, 0.25) is 11.8 Å². The Hall–Kier alpha value is -5.69. The lowest BCUT2D eigenvalue weighted by molar-refractivity contribution is -0.155. The van der Waals surface area contributed by atoms with Crippen molar-refractivity contribution < 1.29 is 33.4 Å². The minimum absolute atomic E-state index is 0.0711. The summed E-state index contributed by atoms with van der Waals surface area (Å²) in [5.74, 6) is -1.84. The number of hydrazine groups is 1. The number of benzene rings is 1. The van der Waals surface area contributed by atoms with Crippen molar-refractivity contribution >= 4 is 52.0 Å². The molecular weight excluding hydrogens is 897 g/mol. The van der Waals surface area contributed by atoms with E-state index >= 15 is 0 Å². The summed E-state index contributed by atoms with van der Waals surface area (Å²) in [6.07, 6.45) is 6.53. The van der Waals surface area contributed by atoms with E-state index in [1.54, 1.807) is 49.4 Å². The van der Waals surface area contributed by atoms with Crippen LogP contribution in [0.15, 0.2) is 54.1 Å². The number of ether oxygens (including phenoxy) is 2. The predicted molar refractivity (Wildman–Crippen MR) is 267 cm³/mol. The molecule has 18 heteroatoms. The van der Waals surface area contributed by atoms with Gasteiger partial charge in [-0.15, -0.1) is 11.3 Å². The molecule has 4 atom stereocenters. The molecule has 17 nitrogen and oxygen atoms in total. The van der Waals surface area contributed by atoms with Crippen molar-refractivity contribution in [3.05, 3.63) is 70.3 Å². The SMILES string of the molecule is CCn1c(-c2cccnc2[C@H](C)OC)c2c3cc(ccc31)-c1csc(n1)C[C@H](NC(=O)C(C(C)C)N(C)C(=O)N1CC(N(C)C(=O)/C=C/CN(C)C)C1)C(=O)N1CCC[C@H](N1)C(=O)OCC(C)(C)C2. The number of hydrogen-bond donors (Lipinski definition) is 2. The summed E-state index contributed by atoms with van der Waals surface area (Å²) < 4.78 is 14.2. The molecule has 3 aliphatic rings. The molecule has 4 aromatic rings. The summed E-state index contributed by atoms with van der Waals surface area (Å²) in [7, 11) is 8.85. The Bertz CT molecular complexity index is 2560. The van der Waals surface area contributed by atoms with Crippen molar-refractivity contribution in [3.63, 3.8) is 0 Å². The number of aromatic nitrogens is 3. The number of nitrogens with zero attached hydrogens (tertiary/aromatic N) is 8. The van der Waals surface area contributed by atoms with Crippen molar-refractivity contribution in [3.8, 4) is 22.5 Å². The molecular formula is C51H70N10O7S. The molecule has 3 aromatic heterocycles. The molecule has 372 valence electrons. The number of urea groups is 1. The van der Waals surface area contributed by atoms with Crippen molar-refractivity contribution in [1.82, 2.24) is 49.9 Å². The number of methoxy groups -OCH3 is 1. The zero-order chi connectivity index (χ0) is 49.9. The lowest BCUT2D eigenvalue weighted by Gasteiger charge is -2.46. The lowest BCUT2D eigenvalue weighted by Crippen LogP contribution is -2.66. The maximum atomic E-state index is 14.7. The number of hydrogen-bond acceptors (Lipinski definition) is 12. The van der Waals surface area contributed by atoms with Gasteiger partial charge in [0, 0.05) is 105 Å². The lowest BCUT2D eigenvalue weighted by atomic mass is 9.84. The maximum absolute atomic E-state index is 14.7. The van der Waals surface area contributed by atoms with Crippen LogP contribution >= 0.6 is 11.3 Å². The summed E-state index contributed by atoms with van der Waals surface area (Å²) in [6, 6.07) is 7.09. The first-order valence-corrected chi connectivity index (χ1v) is 24.9. The third-order valence-corrected chi connectivity index (χ3v) is 14.4. The molecule has 5 amide bonds. The normalized spacial score (nSPS) is 19.9. The number of likely N-dealkylation sites (N-methyl/N-ethyl adjacent to an activating group) is 3. The van der Waals surface area contributed by atoms with Crippen LogP contribution in [0.2, 0.25) is 0 Å². The standard InChI is InChI=1S/C51H70N10O7S/c1-12-60-41-20-19-33-24-36(41)37(46(60)35-16-13-21-52-44(35)32(4)67-11)26-51(5,6)30-68-49(65)38-17-14-23-61(55-38)48(64)39(25-42-53-40(33)29-69-42)54-47(63)45(31(2)3)58(10)50(66)59-27-34(28-59)57(9)43(62)18-15-22-56(7)8/h13,15-16,18-21,24,29,31-32,34,38-39,45,55H,12,14,17,22-23,25-28,30H2,1-11H3,(H,54,63)/b18-15+/t32-,38-,39-,45?/m0/s1. The Morgan fingerprint density at radius 1 is 1.10 bits per heavy atom. The second-order valence-electron chi connectivity index (χ2n) is 20.0. The number of pyridine rings is 1. The molecule has 0 aliphatic carbocycles. The number of fused-ring (bicyclic) bond motifs is 6. The molecule has 6 bridgehead atoms. The quantitative estimate of drug-likeness (QED) is 0.135. The van der Waals surface area contributed by atoms with Crippen molar-refractivity contribution in [1.29, 1.82) is 0 Å². The number of aryl methyl sites for hydroxylation is 1. The third kappa shape index (κ3) is 11.2. The van der Waals surface area contributed by atoms with Crippen LogP contribution in [0.4, 0.5) is 4.79 Å². The number of esters is 1. The maximum Gasteiger partial charge on any atom is 0.324 e. The molecule has 0 saturated carbocycles. The molecule has 3 aliphatic heterocycles. The number of likely N-dealkylation sites (tertiary alicyclic amines) is 1. The zero-order valence-electron chi connectivity index (χ0n) is 42.1. The summed E-state index contributed by atoms with van der Waals surface area (Å²) in [5, 5.41) is 8.10. The Kier molecular flexibility index (Phi) is 16.0. The first kappa shape index (κ1) is 51.2. The molecule has 2 N–H and O–H groups in total. The van der Waals surface area contributed by atoms with Gasteiger partial charge in [0.25, 0.3) is 5.91 Å². The Labute approximate surface area is 410 Å². The number of thiazole rings is 1. The first-order valence-electron chi connectivity index (χ1n) is 24.0. The van der Waals surface area contributed by atoms with E-state index in [-0.39, 0.29) is 43.0 Å². The first-order chi connectivity index (χ1) is 32.8. The van der Waals surface area contributed by atoms with Crippen molar-refractivity contribution in [2.45, 2.75) is 104 Å². The monoisotopic (exact) mass is 967 g/mol. The highest BCUT2D eigenvalue weighted by molar-refractivity contribution is 7.10. The molecule has 6 heterocycles. The Morgan fingerprint density at radius 3 is 2.55 bits per heavy atom. The predicted octanol–water partition coefficient (Wildman–Crippen LogP) is 5.54. The molecule has 0 spiro atoms. The van der Waals surface area contributed by atoms with Crippen molar-refractivity contribution in [2.75, 3.05) is 68.1 Å². The van der Waals surface area contributed by atoms with Crippen LogP contribution in [0.3, 0.4) is 0 Å². The number of cyclic esters (lactones) is 1. The summed E-state index contributed by atoms with van der Waals surface area (Å²) in [5.41, 5.74) is 9.25. The van der Waals surface area contributed by atoms with E-state index in [0.29, 0.717) is 57.0 Å². The highest BCUT2D eigenvalue weighted by Crippen LogP contribution is 2.42. The minimum atomic E-state index is -1.09. The van der Waals surface area contributed by atoms with Crippen LogP contribution < -0.4 is 10.7 Å². The molecule has 1 unspecified atom stereocenters. The number of nitrogens with one attached hydrogen (secondary N) is 2. The topological polar surface area (TPSA) is 175 Å². The molecule has 1 aromatic carbocycles. The van der Waals surface area contributed by atoms with E-state index in [1.807, 2.05) is 51.2 Å². The zero-order valence-corrected chi connectivity index (χ0v) is 42.9. The molecule has 69 heavy (non-hydrogen) atoms. The Morgan fingerprint density at radius 2 is 1.86 bits per heavy atom. The molecule has 7 rings (SSSR count). The van der Waals surface area contributed by atoms with Crippen LogP contribution in [-0.4, -0.2) is 161 Å². The van der Waals surface area contributed by atoms with Gasteiger partial charge < -0.3 is 39.0 Å². The Balaban J connectivity index is 1.20. The average molecular weight is 967 g/mol. The summed E-state index contributed by atoms with van der Waals surface area (Å²) >= 11 is 1.41. The van der Waals surface area contributed by atoms with E-state index in [9.17, 15) is 24.0 Å². The van der Waals surface area contributed by atoms with Crippen molar-refractivity contribution in [2.24, 2.45) is 11.3 Å². The van der Waals surface area contributed by atoms with E-state index in [2.05, 4.69) is 60.3 Å². The number of rotatable bonds is 12. The van der Waals surface area contributed by atoms with Gasteiger partial charge in [-0.2, -0.15) is 0 Å². The van der Waals surface area contributed by atoms with Gasteiger partial charge in [-0.05, 0) is 83.0 Å². The van der Waals surface area contributed by atoms with Crippen LogP contribution in [0.5, 0.6) is 0 Å². The second kappa shape index (κ2) is 21.5. The van der Waals surface area contributed by atoms with Crippen LogP contribution in [0.25, 0.3) is 33.4 Å². The fourth-order valence-corrected chi connectivity index (χ4v) is 10.5. The van der Waals surface area contributed by atoms with Gasteiger partial charge in [0.1, 0.15) is 18.1 Å². The van der Waals surface area contributed by atoms with E-state index < -0.39 is 41.3 Å². The minimum Gasteiger partial charge on any atom is -0.464 e. The van der Waals surface area contributed by atoms with E-state index in [1.165, 1.54) is 21.2 Å². The smallest absolute Gasteiger partial charge is 0.324 e. The average Bonchev–Trinajstić information content (AvgIpc) is 3.90. The summed E-state index contributed by atoms with van der Waals surface area (Å²) in [6.45, 7) is 14.5. The number of carbonyl (C=O) groups is 5. The summed E-state index contributed by atoms with van der Waals surface area (Å²) in [4.78, 5) is 86.3. The van der Waals surface area contributed by atoms with Gasteiger partial charge in [-0.3, -0.25) is 29.2 Å². The fourth-order valence-electron chi connectivity index (χ4n) is 9.61. The van der Waals surface area contributed by atoms with Gasteiger partial charge in [-0.1, -0.05) is 39.8 Å². The van der Waals surface area contributed by atoms with Crippen LogP contribution in [0.1, 0.15) is 76.8 Å². The third-order valence-electron chi connectivity index (χ3n) is 13.5.